The van der Waals surface area contributed by atoms with Crippen LogP contribution in [0.5, 0.6) is 0 Å². The van der Waals surface area contributed by atoms with Gasteiger partial charge in [0.1, 0.15) is 0 Å². The summed E-state index contributed by atoms with van der Waals surface area (Å²) in [6, 6.07) is 12.9. The van der Waals surface area contributed by atoms with Gasteiger partial charge in [-0.3, -0.25) is 4.79 Å². The fourth-order valence-corrected chi connectivity index (χ4v) is 5.07. The van der Waals surface area contributed by atoms with Crippen molar-refractivity contribution in [1.82, 2.24) is 34.7 Å². The zero-order chi connectivity index (χ0) is 25.8. The highest BCUT2D eigenvalue weighted by molar-refractivity contribution is 5.94. The van der Waals surface area contributed by atoms with Crippen LogP contribution in [-0.4, -0.2) is 52.0 Å². The van der Waals surface area contributed by atoms with Gasteiger partial charge in [0.2, 0.25) is 11.8 Å². The quantitative estimate of drug-likeness (QED) is 0.333. The number of nitrogens with two attached hydrogens (primary N) is 1. The molecule has 5 aromatic rings. The third-order valence-corrected chi connectivity index (χ3v) is 7.37. The highest BCUT2D eigenvalue weighted by Crippen LogP contribution is 2.33. The van der Waals surface area contributed by atoms with Crippen molar-refractivity contribution in [1.29, 1.82) is 0 Å². The third kappa shape index (κ3) is 3.82. The fraction of sp³-hybridized carbons (Fsp3) is 0.346. The Morgan fingerprint density at radius 2 is 1.92 bits per heavy atom. The second-order valence-corrected chi connectivity index (χ2v) is 10.1. The minimum Gasteiger partial charge on any atom is -0.461 e. The number of carbonyl (C=O) groups excluding carboxylic acids is 1. The molecule has 0 unspecified atom stereocenters. The number of anilines is 1. The van der Waals surface area contributed by atoms with Crippen molar-refractivity contribution in [2.45, 2.75) is 56.7 Å². The Labute approximate surface area is 212 Å². The van der Waals surface area contributed by atoms with Crippen LogP contribution in [0.25, 0.3) is 28.3 Å². The van der Waals surface area contributed by atoms with Crippen LogP contribution >= 0.6 is 0 Å². The second kappa shape index (κ2) is 8.41. The number of nitrogen functional groups attached to an aromatic ring is 1. The van der Waals surface area contributed by atoms with E-state index in [-0.39, 0.29) is 17.9 Å². The summed E-state index contributed by atoms with van der Waals surface area (Å²) in [5.41, 5.74) is 6.00. The molecule has 0 spiro atoms. The van der Waals surface area contributed by atoms with E-state index in [4.69, 9.17) is 10.2 Å². The van der Waals surface area contributed by atoms with E-state index in [0.717, 1.165) is 5.56 Å². The van der Waals surface area contributed by atoms with Crippen LogP contribution in [0, 0.1) is 0 Å². The van der Waals surface area contributed by atoms with Crippen molar-refractivity contribution in [3.05, 3.63) is 60.5 Å². The van der Waals surface area contributed by atoms with Gasteiger partial charge >= 0.3 is 0 Å². The summed E-state index contributed by atoms with van der Waals surface area (Å²) in [7, 11) is 0. The summed E-state index contributed by atoms with van der Waals surface area (Å²) >= 11 is 0. The smallest absolute Gasteiger partial charge is 0.252 e. The molecule has 1 aliphatic rings. The first-order valence-electron chi connectivity index (χ1n) is 12.3. The minimum atomic E-state index is -1.23. The van der Waals surface area contributed by atoms with Crippen molar-refractivity contribution in [3.8, 4) is 11.6 Å². The maximum Gasteiger partial charge on any atom is 0.252 e. The van der Waals surface area contributed by atoms with Gasteiger partial charge in [-0.25, -0.2) is 9.67 Å². The zero-order valence-electron chi connectivity index (χ0n) is 20.6. The molecular weight excluding hydrogens is 472 g/mol. The number of carbonyl (C=O) groups is 1. The average molecular weight is 501 g/mol. The number of fused-ring (bicyclic) bond motifs is 3. The van der Waals surface area contributed by atoms with E-state index in [1.807, 2.05) is 44.2 Å². The monoisotopic (exact) mass is 500 g/mol. The molecule has 37 heavy (non-hydrogen) atoms. The van der Waals surface area contributed by atoms with Crippen LogP contribution in [0.15, 0.2) is 59.3 Å². The van der Waals surface area contributed by atoms with E-state index < -0.39 is 11.1 Å². The second-order valence-electron chi connectivity index (χ2n) is 10.1. The van der Waals surface area contributed by atoms with E-state index in [1.165, 1.54) is 4.52 Å². The van der Waals surface area contributed by atoms with E-state index in [0.29, 0.717) is 53.9 Å². The lowest BCUT2D eigenvalue weighted by atomic mass is 9.83. The maximum absolute atomic E-state index is 14.0. The first-order chi connectivity index (χ1) is 17.8. The molecule has 190 valence electrons. The molecule has 6 rings (SSSR count). The largest absolute Gasteiger partial charge is 0.461 e. The zero-order valence-corrected chi connectivity index (χ0v) is 20.6. The number of hydrogen-bond donors (Lipinski definition) is 3. The van der Waals surface area contributed by atoms with Gasteiger partial charge in [-0.05, 0) is 57.2 Å². The van der Waals surface area contributed by atoms with Gasteiger partial charge in [0.05, 0.1) is 23.4 Å². The Hall–Kier alpha value is -4.25. The number of aromatic nitrogens is 6. The van der Waals surface area contributed by atoms with Crippen molar-refractivity contribution in [2.75, 3.05) is 5.73 Å². The molecule has 1 saturated carbocycles. The number of benzene rings is 1. The molecule has 4 heterocycles. The van der Waals surface area contributed by atoms with Crippen LogP contribution in [-0.2, 0) is 10.3 Å². The Morgan fingerprint density at radius 1 is 1.16 bits per heavy atom. The van der Waals surface area contributed by atoms with E-state index in [2.05, 4.69) is 25.5 Å². The van der Waals surface area contributed by atoms with Crippen molar-refractivity contribution >= 4 is 28.5 Å². The predicted molar refractivity (Wildman–Crippen MR) is 136 cm³/mol. The molecular formula is C26H28N8O3. The first kappa shape index (κ1) is 23.2. The molecule has 0 bridgehead atoms. The van der Waals surface area contributed by atoms with Crippen LogP contribution in [0.1, 0.15) is 45.1 Å². The maximum atomic E-state index is 14.0. The van der Waals surface area contributed by atoms with Crippen LogP contribution in [0.2, 0.25) is 0 Å². The Kier molecular flexibility index (Phi) is 5.27. The first-order valence-corrected chi connectivity index (χ1v) is 12.3. The number of nitrogens with one attached hydrogen (secondary N) is 1. The van der Waals surface area contributed by atoms with Gasteiger partial charge in [-0.15, -0.1) is 5.10 Å². The molecule has 0 radical (unpaired) electrons. The lowest BCUT2D eigenvalue weighted by molar-refractivity contribution is -0.129. The minimum absolute atomic E-state index is 0.0466. The van der Waals surface area contributed by atoms with Gasteiger partial charge in [0, 0.05) is 6.04 Å². The van der Waals surface area contributed by atoms with Gasteiger partial charge in [0.25, 0.3) is 5.91 Å². The van der Waals surface area contributed by atoms with E-state index >= 15 is 0 Å². The Balaban J connectivity index is 1.46. The summed E-state index contributed by atoms with van der Waals surface area (Å²) in [4.78, 5) is 23.2. The number of amides is 1. The summed E-state index contributed by atoms with van der Waals surface area (Å²) in [6.45, 7) is 3.66. The lowest BCUT2D eigenvalue weighted by Crippen LogP contribution is -2.52. The molecule has 1 fully saturated rings. The van der Waals surface area contributed by atoms with Gasteiger partial charge in [-0.1, -0.05) is 30.3 Å². The molecule has 1 aromatic carbocycles. The molecule has 1 atom stereocenters. The molecule has 1 aliphatic carbocycles. The summed E-state index contributed by atoms with van der Waals surface area (Å²) in [5.74, 6) is 0.771. The normalized spacial score (nSPS) is 21.8. The number of nitrogens with zero attached hydrogens (tertiary/aromatic N) is 6. The molecule has 4 aromatic heterocycles. The van der Waals surface area contributed by atoms with Gasteiger partial charge in [0.15, 0.2) is 22.6 Å². The SMILES string of the molecule is CC1(O)CCC(NC(=O)[C@](C)(c2ccccc2)n2ncc3c2nc(N)n2nc(-c4ccco4)nc32)CC1. The number of aliphatic hydroxyl groups is 1. The van der Waals surface area contributed by atoms with Crippen LogP contribution in [0.3, 0.4) is 0 Å². The lowest BCUT2D eigenvalue weighted by Gasteiger charge is -2.36. The van der Waals surface area contributed by atoms with Gasteiger partial charge in [-0.2, -0.15) is 14.6 Å². The van der Waals surface area contributed by atoms with Crippen LogP contribution < -0.4 is 11.1 Å². The molecule has 4 N–H and O–H groups in total. The van der Waals surface area contributed by atoms with E-state index in [9.17, 15) is 9.90 Å². The van der Waals surface area contributed by atoms with Gasteiger partial charge < -0.3 is 20.6 Å². The average Bonchev–Trinajstić information content (AvgIpc) is 3.65. The van der Waals surface area contributed by atoms with Crippen LogP contribution in [0.4, 0.5) is 5.95 Å². The molecule has 0 aliphatic heterocycles. The Bertz CT molecular complexity index is 1580. The topological polar surface area (TPSA) is 149 Å². The Morgan fingerprint density at radius 3 is 2.62 bits per heavy atom. The molecule has 1 amide bonds. The standard InChI is InChI=1S/C26H28N8O3/c1-25(36)12-10-17(11-13-25)29-23(35)26(2,16-7-4-3-5-8-16)34-22-18(15-28-34)21-30-20(19-9-6-14-37-19)32-33(21)24(27)31-22/h3-9,14-15,17,36H,10-13H2,1-2H3,(H2,27,31)(H,29,35)/t17?,25?,26-/m0/s1. The highest BCUT2D eigenvalue weighted by atomic mass is 16.3. The molecule has 0 saturated heterocycles. The number of rotatable bonds is 5. The molecule has 11 heteroatoms. The summed E-state index contributed by atoms with van der Waals surface area (Å²) < 4.78 is 8.49. The van der Waals surface area contributed by atoms with Crippen molar-refractivity contribution in [2.24, 2.45) is 0 Å². The number of hydrogen-bond acceptors (Lipinski definition) is 8. The van der Waals surface area contributed by atoms with E-state index in [1.54, 1.807) is 29.3 Å². The molecule has 11 nitrogen and oxygen atoms in total. The number of furan rings is 1. The summed E-state index contributed by atoms with van der Waals surface area (Å²) in [5, 5.41) is 23.2. The third-order valence-electron chi connectivity index (χ3n) is 7.37. The predicted octanol–water partition coefficient (Wildman–Crippen LogP) is 2.89. The fourth-order valence-electron chi connectivity index (χ4n) is 5.07. The highest BCUT2D eigenvalue weighted by Gasteiger charge is 2.42. The van der Waals surface area contributed by atoms with Crippen molar-refractivity contribution < 1.29 is 14.3 Å². The summed E-state index contributed by atoms with van der Waals surface area (Å²) in [6.07, 6.45) is 5.84. The van der Waals surface area contributed by atoms with Crippen molar-refractivity contribution in [3.63, 3.8) is 0 Å².